The van der Waals surface area contributed by atoms with Gasteiger partial charge >= 0.3 is 5.97 Å². The van der Waals surface area contributed by atoms with Gasteiger partial charge in [-0.25, -0.2) is 0 Å². The number of rotatable bonds is 6. The normalized spacial score (nSPS) is 56.1. The molecule has 6 fully saturated rings. The molecule has 33 heavy (non-hydrogen) atoms. The van der Waals surface area contributed by atoms with Crippen molar-refractivity contribution in [2.45, 2.75) is 75.9 Å². The summed E-state index contributed by atoms with van der Waals surface area (Å²) in [6, 6.07) is 0.293. The first kappa shape index (κ1) is 22.7. The Labute approximate surface area is 197 Å². The number of esters is 1. The van der Waals surface area contributed by atoms with E-state index in [1.807, 2.05) is 14.2 Å². The van der Waals surface area contributed by atoms with E-state index in [1.165, 1.54) is 6.92 Å². The molecule has 186 valence electrons. The third-order valence-electron chi connectivity index (χ3n) is 11.4. The van der Waals surface area contributed by atoms with Crippen LogP contribution in [0.4, 0.5) is 0 Å². The highest BCUT2D eigenvalue weighted by atomic mass is 16.5. The fourth-order valence-electron chi connectivity index (χ4n) is 11.0. The highest BCUT2D eigenvalue weighted by molar-refractivity contribution is 5.66. The minimum absolute atomic E-state index is 0.0445. The van der Waals surface area contributed by atoms with Crippen LogP contribution in [-0.2, 0) is 23.7 Å². The molecule has 0 amide bonds. The standard InChI is InChI=1S/C26H41NO6/c1-6-27-12-24(13-30-3)8-7-20(32-5)26-16-9-15-18(31-4)11-25(29,17(23(26)27)10-19(24)26)21(16)22(15)33-14(2)28/h15-23,29H,6-13H2,1-5H3. The first-order chi connectivity index (χ1) is 15.8. The second kappa shape index (κ2) is 7.39. The van der Waals surface area contributed by atoms with Crippen LogP contribution in [0.3, 0.4) is 0 Å². The highest BCUT2D eigenvalue weighted by Gasteiger charge is 2.84. The first-order valence-corrected chi connectivity index (χ1v) is 13.0. The van der Waals surface area contributed by atoms with E-state index in [0.717, 1.165) is 45.4 Å². The van der Waals surface area contributed by atoms with E-state index in [0.29, 0.717) is 18.4 Å². The maximum absolute atomic E-state index is 12.6. The van der Waals surface area contributed by atoms with Crippen LogP contribution < -0.4 is 0 Å². The Hall–Kier alpha value is -0.730. The van der Waals surface area contributed by atoms with Crippen LogP contribution in [0.1, 0.15) is 46.0 Å². The molecule has 5 aliphatic carbocycles. The third-order valence-corrected chi connectivity index (χ3v) is 11.4. The number of nitrogens with zero attached hydrogens (tertiary/aromatic N) is 1. The zero-order chi connectivity index (χ0) is 23.3. The van der Waals surface area contributed by atoms with Crippen LogP contribution in [0.5, 0.6) is 0 Å². The molecular formula is C26H41NO6. The van der Waals surface area contributed by atoms with Crippen LogP contribution in [0.25, 0.3) is 0 Å². The van der Waals surface area contributed by atoms with E-state index in [9.17, 15) is 9.90 Å². The van der Waals surface area contributed by atoms with Crippen molar-refractivity contribution in [3.8, 4) is 0 Å². The summed E-state index contributed by atoms with van der Waals surface area (Å²) < 4.78 is 24.3. The quantitative estimate of drug-likeness (QED) is 0.605. The maximum Gasteiger partial charge on any atom is 0.302 e. The molecule has 7 bridgehead atoms. The van der Waals surface area contributed by atoms with E-state index in [2.05, 4.69) is 11.8 Å². The summed E-state index contributed by atoms with van der Waals surface area (Å²) in [4.78, 5) is 14.9. The predicted molar refractivity (Wildman–Crippen MR) is 120 cm³/mol. The largest absolute Gasteiger partial charge is 0.462 e. The van der Waals surface area contributed by atoms with Gasteiger partial charge in [0.25, 0.3) is 0 Å². The molecule has 6 aliphatic rings. The Morgan fingerprint density at radius 3 is 2.58 bits per heavy atom. The van der Waals surface area contributed by atoms with Crippen molar-refractivity contribution < 1.29 is 28.8 Å². The second-order valence-corrected chi connectivity index (χ2v) is 12.0. The van der Waals surface area contributed by atoms with Crippen LogP contribution >= 0.6 is 0 Å². The van der Waals surface area contributed by atoms with Crippen LogP contribution in [0.2, 0.25) is 0 Å². The van der Waals surface area contributed by atoms with Crippen molar-refractivity contribution >= 4 is 5.97 Å². The number of hydrogen-bond donors (Lipinski definition) is 1. The van der Waals surface area contributed by atoms with Gasteiger partial charge < -0.3 is 24.1 Å². The molecule has 0 aromatic heterocycles. The minimum Gasteiger partial charge on any atom is -0.462 e. The van der Waals surface area contributed by atoms with Crippen LogP contribution in [0.15, 0.2) is 0 Å². The number of aliphatic hydroxyl groups is 1. The van der Waals surface area contributed by atoms with Gasteiger partial charge in [-0.2, -0.15) is 0 Å². The molecule has 6 rings (SSSR count). The Balaban J connectivity index is 1.57. The van der Waals surface area contributed by atoms with Crippen molar-refractivity contribution in [1.29, 1.82) is 0 Å². The lowest BCUT2D eigenvalue weighted by Gasteiger charge is -2.69. The number of ether oxygens (including phenoxy) is 4. The van der Waals surface area contributed by atoms with Gasteiger partial charge in [0.1, 0.15) is 6.10 Å². The zero-order valence-corrected chi connectivity index (χ0v) is 20.8. The lowest BCUT2D eigenvalue weighted by Crippen LogP contribution is -2.76. The number of carbonyl (C=O) groups is 1. The molecule has 0 radical (unpaired) electrons. The van der Waals surface area contributed by atoms with Gasteiger partial charge in [0, 0.05) is 75.8 Å². The number of carbonyl (C=O) groups excluding carboxylic acids is 1. The molecule has 1 N–H and O–H groups in total. The average Bonchev–Trinajstić information content (AvgIpc) is 3.22. The monoisotopic (exact) mass is 463 g/mol. The maximum atomic E-state index is 12.6. The predicted octanol–water partition coefficient (Wildman–Crippen LogP) is 2.10. The lowest BCUT2D eigenvalue weighted by molar-refractivity contribution is -0.277. The van der Waals surface area contributed by atoms with Crippen molar-refractivity contribution in [1.82, 2.24) is 4.90 Å². The van der Waals surface area contributed by atoms with E-state index < -0.39 is 5.60 Å². The van der Waals surface area contributed by atoms with E-state index in [-0.39, 0.29) is 58.8 Å². The van der Waals surface area contributed by atoms with Gasteiger partial charge in [-0.3, -0.25) is 9.69 Å². The van der Waals surface area contributed by atoms with E-state index in [4.69, 9.17) is 18.9 Å². The van der Waals surface area contributed by atoms with Gasteiger partial charge in [0.2, 0.25) is 0 Å². The molecule has 1 saturated heterocycles. The second-order valence-electron chi connectivity index (χ2n) is 12.0. The van der Waals surface area contributed by atoms with Gasteiger partial charge in [-0.15, -0.1) is 0 Å². The summed E-state index contributed by atoms with van der Waals surface area (Å²) in [5.74, 6) is 0.677. The fourth-order valence-corrected chi connectivity index (χ4v) is 11.0. The first-order valence-electron chi connectivity index (χ1n) is 13.0. The zero-order valence-electron chi connectivity index (χ0n) is 20.8. The molecule has 1 heterocycles. The number of fused-ring (bicyclic) bond motifs is 2. The van der Waals surface area contributed by atoms with E-state index >= 15 is 0 Å². The summed E-state index contributed by atoms with van der Waals surface area (Å²) in [6.45, 7) is 6.53. The Morgan fingerprint density at radius 1 is 1.15 bits per heavy atom. The highest BCUT2D eigenvalue weighted by Crippen LogP contribution is 2.79. The summed E-state index contributed by atoms with van der Waals surface area (Å²) in [7, 11) is 5.46. The van der Waals surface area contributed by atoms with Crippen LogP contribution in [-0.4, -0.2) is 87.0 Å². The molecule has 1 aliphatic heterocycles. The Morgan fingerprint density at radius 2 is 1.94 bits per heavy atom. The molecule has 5 saturated carbocycles. The molecular weight excluding hydrogens is 422 g/mol. The molecule has 7 nitrogen and oxygen atoms in total. The van der Waals surface area contributed by atoms with Crippen LogP contribution in [0, 0.1) is 40.4 Å². The average molecular weight is 464 g/mol. The van der Waals surface area contributed by atoms with Crippen molar-refractivity contribution in [2.24, 2.45) is 40.4 Å². The summed E-state index contributed by atoms with van der Waals surface area (Å²) in [5.41, 5.74) is -0.840. The molecule has 12 unspecified atom stereocenters. The topological polar surface area (TPSA) is 77.5 Å². The fraction of sp³-hybridized carbons (Fsp3) is 0.962. The van der Waals surface area contributed by atoms with Crippen molar-refractivity contribution in [3.63, 3.8) is 0 Å². The number of methoxy groups -OCH3 is 3. The Kier molecular flexibility index (Phi) is 5.09. The number of hydrogen-bond acceptors (Lipinski definition) is 7. The van der Waals surface area contributed by atoms with E-state index in [1.54, 1.807) is 7.11 Å². The number of piperidine rings is 1. The lowest BCUT2D eigenvalue weighted by atomic mass is 9.43. The summed E-state index contributed by atoms with van der Waals surface area (Å²) >= 11 is 0. The third kappa shape index (κ3) is 2.51. The van der Waals surface area contributed by atoms with Gasteiger partial charge in [-0.1, -0.05) is 6.92 Å². The molecule has 0 aromatic rings. The van der Waals surface area contributed by atoms with Crippen molar-refractivity contribution in [3.05, 3.63) is 0 Å². The van der Waals surface area contributed by atoms with Gasteiger partial charge in [-0.05, 0) is 44.1 Å². The molecule has 1 spiro atoms. The minimum atomic E-state index is -0.888. The summed E-state index contributed by atoms with van der Waals surface area (Å²) in [5, 5.41) is 12.6. The SMILES string of the molecule is CCN1CC2(COC)CCC(OC)C34C5CC6C(OC)CC(O)(C(CC23)C14)C5C6OC(C)=O. The Bertz CT molecular complexity index is 823. The smallest absolute Gasteiger partial charge is 0.302 e. The summed E-state index contributed by atoms with van der Waals surface area (Å²) in [6.07, 6.45) is 4.52. The number of likely N-dealkylation sites (tertiary alicyclic amines) is 1. The molecule has 0 aromatic carbocycles. The molecule has 7 heteroatoms. The van der Waals surface area contributed by atoms with Gasteiger partial charge in [0.15, 0.2) is 0 Å². The van der Waals surface area contributed by atoms with Crippen molar-refractivity contribution in [2.75, 3.05) is 41.0 Å². The molecule has 12 atom stereocenters. The van der Waals surface area contributed by atoms with Gasteiger partial charge in [0.05, 0.1) is 24.4 Å².